The zero-order valence-electron chi connectivity index (χ0n) is 13.3. The topological polar surface area (TPSA) is 55.4 Å². The molecule has 1 atom stereocenters. The molecule has 0 bridgehead atoms. The minimum atomic E-state index is -3.56. The molecule has 22 heavy (non-hydrogen) atoms. The van der Waals surface area contributed by atoms with Crippen LogP contribution >= 0.6 is 0 Å². The fraction of sp³-hybridized carbons (Fsp3) is 0.294. The Balaban J connectivity index is 2.25. The minimum Gasteiger partial charge on any atom is -0.497 e. The first-order valence-electron chi connectivity index (χ1n) is 7.07. The molecule has 0 saturated carbocycles. The molecule has 1 N–H and O–H groups in total. The molecule has 0 amide bonds. The molecule has 1 unspecified atom stereocenters. The van der Waals surface area contributed by atoms with Crippen LogP contribution in [0, 0.1) is 13.8 Å². The Kier molecular flexibility index (Phi) is 4.88. The lowest BCUT2D eigenvalue weighted by Crippen LogP contribution is -2.27. The quantitative estimate of drug-likeness (QED) is 0.919. The summed E-state index contributed by atoms with van der Waals surface area (Å²) < 4.78 is 32.9. The van der Waals surface area contributed by atoms with Crippen molar-refractivity contribution >= 4 is 10.0 Å². The molecule has 2 rings (SSSR count). The van der Waals surface area contributed by atoms with Gasteiger partial charge < -0.3 is 4.74 Å². The highest BCUT2D eigenvalue weighted by Gasteiger charge is 2.19. The van der Waals surface area contributed by atoms with Crippen molar-refractivity contribution in [2.24, 2.45) is 0 Å². The van der Waals surface area contributed by atoms with Crippen LogP contribution in [0.2, 0.25) is 0 Å². The third kappa shape index (κ3) is 3.67. The first-order chi connectivity index (χ1) is 10.3. The summed E-state index contributed by atoms with van der Waals surface area (Å²) in [5, 5.41) is 0. The molecule has 118 valence electrons. The molecule has 0 aromatic heterocycles. The van der Waals surface area contributed by atoms with Crippen LogP contribution in [-0.2, 0) is 10.0 Å². The predicted octanol–water partition coefficient (Wildman–Crippen LogP) is 3.35. The van der Waals surface area contributed by atoms with E-state index in [2.05, 4.69) is 4.72 Å². The number of hydrogen-bond acceptors (Lipinski definition) is 3. The number of sulfonamides is 1. The highest BCUT2D eigenvalue weighted by atomic mass is 32.2. The second-order valence-electron chi connectivity index (χ2n) is 5.37. The first-order valence-corrected chi connectivity index (χ1v) is 8.55. The molecule has 0 aliphatic heterocycles. The van der Waals surface area contributed by atoms with E-state index in [1.807, 2.05) is 51.1 Å². The maximum atomic E-state index is 12.5. The number of hydrogen-bond donors (Lipinski definition) is 1. The Morgan fingerprint density at radius 3 is 2.41 bits per heavy atom. The Labute approximate surface area is 132 Å². The number of methoxy groups -OCH3 is 1. The van der Waals surface area contributed by atoms with E-state index in [-0.39, 0.29) is 10.9 Å². The Hall–Kier alpha value is -1.85. The van der Waals surface area contributed by atoms with Gasteiger partial charge in [0.15, 0.2) is 0 Å². The lowest BCUT2D eigenvalue weighted by Gasteiger charge is -2.16. The maximum Gasteiger partial charge on any atom is 0.241 e. The van der Waals surface area contributed by atoms with Crippen molar-refractivity contribution in [1.29, 1.82) is 0 Å². The van der Waals surface area contributed by atoms with Crippen molar-refractivity contribution in [2.45, 2.75) is 31.7 Å². The van der Waals surface area contributed by atoms with Gasteiger partial charge in [0, 0.05) is 6.04 Å². The first kappa shape index (κ1) is 16.5. The van der Waals surface area contributed by atoms with Gasteiger partial charge in [0.25, 0.3) is 0 Å². The van der Waals surface area contributed by atoms with Crippen molar-refractivity contribution in [3.05, 3.63) is 59.2 Å². The monoisotopic (exact) mass is 319 g/mol. The van der Waals surface area contributed by atoms with Crippen LogP contribution in [0.5, 0.6) is 5.75 Å². The highest BCUT2D eigenvalue weighted by molar-refractivity contribution is 7.89. The molecule has 0 radical (unpaired) electrons. The number of nitrogens with one attached hydrogen (secondary N) is 1. The smallest absolute Gasteiger partial charge is 0.241 e. The summed E-state index contributed by atoms with van der Waals surface area (Å²) >= 11 is 0. The Bertz CT molecular complexity index is 769. The summed E-state index contributed by atoms with van der Waals surface area (Å²) in [6, 6.07) is 12.2. The number of benzene rings is 2. The van der Waals surface area contributed by atoms with Crippen molar-refractivity contribution in [2.75, 3.05) is 7.11 Å². The third-order valence-electron chi connectivity index (χ3n) is 3.71. The largest absolute Gasteiger partial charge is 0.497 e. The van der Waals surface area contributed by atoms with Crippen molar-refractivity contribution in [1.82, 2.24) is 4.72 Å². The van der Waals surface area contributed by atoms with Crippen LogP contribution < -0.4 is 9.46 Å². The maximum absolute atomic E-state index is 12.5. The van der Waals surface area contributed by atoms with E-state index in [0.29, 0.717) is 5.75 Å². The van der Waals surface area contributed by atoms with Crippen LogP contribution in [0.25, 0.3) is 0 Å². The van der Waals surface area contributed by atoms with E-state index in [0.717, 1.165) is 16.7 Å². The fourth-order valence-electron chi connectivity index (χ4n) is 2.16. The summed E-state index contributed by atoms with van der Waals surface area (Å²) in [6.07, 6.45) is 0. The van der Waals surface area contributed by atoms with Gasteiger partial charge in [-0.2, -0.15) is 0 Å². The number of rotatable bonds is 5. The average molecular weight is 319 g/mol. The van der Waals surface area contributed by atoms with Gasteiger partial charge in [-0.15, -0.1) is 0 Å². The molecule has 0 aliphatic carbocycles. The van der Waals surface area contributed by atoms with E-state index in [9.17, 15) is 8.42 Å². The fourth-order valence-corrected chi connectivity index (χ4v) is 3.48. The second kappa shape index (κ2) is 6.50. The Morgan fingerprint density at radius 2 is 1.77 bits per heavy atom. The lowest BCUT2D eigenvalue weighted by molar-refractivity contribution is 0.413. The average Bonchev–Trinajstić information content (AvgIpc) is 2.49. The van der Waals surface area contributed by atoms with Crippen LogP contribution in [0.1, 0.15) is 29.7 Å². The van der Waals surface area contributed by atoms with Gasteiger partial charge >= 0.3 is 0 Å². The van der Waals surface area contributed by atoms with Crippen molar-refractivity contribution in [3.63, 3.8) is 0 Å². The molecule has 5 heteroatoms. The van der Waals surface area contributed by atoms with Crippen molar-refractivity contribution in [3.8, 4) is 5.75 Å². The van der Waals surface area contributed by atoms with E-state index in [1.54, 1.807) is 19.2 Å². The lowest BCUT2D eigenvalue weighted by atomic mass is 10.1. The van der Waals surface area contributed by atoms with E-state index < -0.39 is 10.0 Å². The van der Waals surface area contributed by atoms with Crippen LogP contribution in [0.3, 0.4) is 0 Å². The van der Waals surface area contributed by atoms with Gasteiger partial charge in [-0.3, -0.25) is 0 Å². The van der Waals surface area contributed by atoms with E-state index in [1.165, 1.54) is 0 Å². The molecule has 0 spiro atoms. The van der Waals surface area contributed by atoms with Gasteiger partial charge in [0.1, 0.15) is 5.75 Å². The summed E-state index contributed by atoms with van der Waals surface area (Å²) in [7, 11) is -1.97. The zero-order chi connectivity index (χ0) is 16.3. The van der Waals surface area contributed by atoms with Gasteiger partial charge in [-0.25, -0.2) is 13.1 Å². The molecule has 2 aromatic carbocycles. The molecule has 0 fully saturated rings. The summed E-state index contributed by atoms with van der Waals surface area (Å²) in [5.41, 5.74) is 2.88. The summed E-state index contributed by atoms with van der Waals surface area (Å²) in [5.74, 6) is 0.703. The molecular formula is C17H21NO3S. The molecule has 2 aromatic rings. The summed E-state index contributed by atoms with van der Waals surface area (Å²) in [6.45, 7) is 5.67. The molecule has 0 aliphatic rings. The van der Waals surface area contributed by atoms with Crippen LogP contribution in [0.4, 0.5) is 0 Å². The van der Waals surface area contributed by atoms with E-state index >= 15 is 0 Å². The van der Waals surface area contributed by atoms with Gasteiger partial charge in [-0.1, -0.05) is 18.2 Å². The number of aryl methyl sites for hydroxylation is 2. The van der Waals surface area contributed by atoms with Gasteiger partial charge in [0.05, 0.1) is 12.0 Å². The molecule has 0 saturated heterocycles. The molecular weight excluding hydrogens is 298 g/mol. The highest BCUT2D eigenvalue weighted by Crippen LogP contribution is 2.22. The van der Waals surface area contributed by atoms with E-state index in [4.69, 9.17) is 4.74 Å². The minimum absolute atomic E-state index is 0.283. The van der Waals surface area contributed by atoms with Crippen LogP contribution in [0.15, 0.2) is 47.4 Å². The molecule has 0 heterocycles. The predicted molar refractivity (Wildman–Crippen MR) is 87.6 cm³/mol. The van der Waals surface area contributed by atoms with Crippen LogP contribution in [-0.4, -0.2) is 15.5 Å². The normalized spacial score (nSPS) is 12.9. The molecule has 4 nitrogen and oxygen atoms in total. The van der Waals surface area contributed by atoms with Gasteiger partial charge in [0.2, 0.25) is 10.0 Å². The third-order valence-corrected chi connectivity index (χ3v) is 5.25. The summed E-state index contributed by atoms with van der Waals surface area (Å²) in [4.78, 5) is 0.283. The Morgan fingerprint density at radius 1 is 1.05 bits per heavy atom. The SMILES string of the molecule is COc1cccc(C(C)NS(=O)(=O)c2ccc(C)c(C)c2)c1. The second-order valence-corrected chi connectivity index (χ2v) is 7.08. The zero-order valence-corrected chi connectivity index (χ0v) is 14.1. The van der Waals surface area contributed by atoms with Gasteiger partial charge in [-0.05, 0) is 61.7 Å². The van der Waals surface area contributed by atoms with Crippen molar-refractivity contribution < 1.29 is 13.2 Å². The standard InChI is InChI=1S/C17H21NO3S/c1-12-8-9-17(10-13(12)2)22(19,20)18-14(3)15-6-5-7-16(11-15)21-4/h5-11,14,18H,1-4H3. The number of ether oxygens (including phenoxy) is 1.